The maximum Gasteiger partial charge on any atom is 0.225 e. The Morgan fingerprint density at radius 1 is 1.19 bits per heavy atom. The molecule has 0 aromatic carbocycles. The quantitative estimate of drug-likeness (QED) is 0.558. The molecule has 2 aliphatic heterocycles. The Hall–Kier alpha value is -1.30. The van der Waals surface area contributed by atoms with Crippen LogP contribution >= 0.6 is 0 Å². The molecule has 1 amide bonds. The largest absolute Gasteiger partial charge is 0.357 e. The van der Waals surface area contributed by atoms with Crippen molar-refractivity contribution in [1.82, 2.24) is 20.4 Å². The molecule has 2 aliphatic rings. The number of nitrogens with zero attached hydrogens (tertiary/aromatic N) is 3. The zero-order valence-corrected chi connectivity index (χ0v) is 17.4. The molecule has 3 unspecified atom stereocenters. The number of piperidine rings is 1. The van der Waals surface area contributed by atoms with Gasteiger partial charge in [0.05, 0.1) is 6.54 Å². The average molecular weight is 366 g/mol. The molecular formula is C20H39N5O. The number of aliphatic imine (C=N–C) groups is 1. The highest BCUT2D eigenvalue weighted by atomic mass is 16.2. The first-order valence-corrected chi connectivity index (χ1v) is 10.5. The highest BCUT2D eigenvalue weighted by Crippen LogP contribution is 2.18. The lowest BCUT2D eigenvalue weighted by Gasteiger charge is -2.35. The summed E-state index contributed by atoms with van der Waals surface area (Å²) in [5, 5.41) is 6.89. The van der Waals surface area contributed by atoms with Crippen molar-refractivity contribution >= 4 is 11.9 Å². The van der Waals surface area contributed by atoms with E-state index in [1.807, 2.05) is 18.7 Å². The first-order chi connectivity index (χ1) is 12.4. The van der Waals surface area contributed by atoms with Crippen molar-refractivity contribution in [2.75, 3.05) is 39.3 Å². The van der Waals surface area contributed by atoms with Gasteiger partial charge in [0, 0.05) is 44.2 Å². The van der Waals surface area contributed by atoms with Crippen LogP contribution in [0.5, 0.6) is 0 Å². The third kappa shape index (κ3) is 6.15. The normalized spacial score (nSPS) is 26.2. The van der Waals surface area contributed by atoms with Crippen molar-refractivity contribution in [2.45, 2.75) is 66.0 Å². The molecule has 6 heteroatoms. The molecule has 3 atom stereocenters. The topological polar surface area (TPSA) is 60.0 Å². The molecule has 0 saturated carbocycles. The predicted molar refractivity (Wildman–Crippen MR) is 108 cm³/mol. The van der Waals surface area contributed by atoms with E-state index in [9.17, 15) is 4.79 Å². The minimum atomic E-state index is 0.0726. The monoisotopic (exact) mass is 365 g/mol. The molecule has 150 valence electrons. The number of hydrogen-bond donors (Lipinski definition) is 2. The van der Waals surface area contributed by atoms with E-state index >= 15 is 0 Å². The smallest absolute Gasteiger partial charge is 0.225 e. The predicted octanol–water partition coefficient (Wildman–Crippen LogP) is 1.92. The Balaban J connectivity index is 1.85. The van der Waals surface area contributed by atoms with Crippen LogP contribution in [0.1, 0.15) is 53.9 Å². The maximum atomic E-state index is 12.2. The summed E-state index contributed by atoms with van der Waals surface area (Å²) in [7, 11) is 0. The van der Waals surface area contributed by atoms with Crippen LogP contribution in [0.4, 0.5) is 0 Å². The van der Waals surface area contributed by atoms with E-state index in [4.69, 9.17) is 4.99 Å². The summed E-state index contributed by atoms with van der Waals surface area (Å²) < 4.78 is 0. The highest BCUT2D eigenvalue weighted by Gasteiger charge is 2.28. The van der Waals surface area contributed by atoms with E-state index in [1.54, 1.807) is 0 Å². The Kier molecular flexibility index (Phi) is 8.19. The summed E-state index contributed by atoms with van der Waals surface area (Å²) in [6, 6.07) is 0.761. The number of likely N-dealkylation sites (tertiary alicyclic amines) is 2. The molecule has 0 spiro atoms. The van der Waals surface area contributed by atoms with Crippen LogP contribution in [-0.2, 0) is 4.79 Å². The van der Waals surface area contributed by atoms with E-state index in [0.29, 0.717) is 12.1 Å². The number of hydrogen-bond acceptors (Lipinski definition) is 3. The van der Waals surface area contributed by atoms with Crippen LogP contribution in [0.15, 0.2) is 4.99 Å². The molecule has 0 aromatic rings. The maximum absolute atomic E-state index is 12.2. The summed E-state index contributed by atoms with van der Waals surface area (Å²) in [6.07, 6.45) is 3.64. The molecule has 26 heavy (non-hydrogen) atoms. The molecule has 2 fully saturated rings. The number of amides is 1. The first kappa shape index (κ1) is 21.0. The van der Waals surface area contributed by atoms with Crippen LogP contribution < -0.4 is 10.6 Å². The number of guanidine groups is 1. The molecule has 0 aromatic heterocycles. The number of carbonyl (C=O) groups excluding carboxylic acids is 1. The van der Waals surface area contributed by atoms with Crippen molar-refractivity contribution in [3.63, 3.8) is 0 Å². The lowest BCUT2D eigenvalue weighted by atomic mass is 9.99. The van der Waals surface area contributed by atoms with Crippen molar-refractivity contribution in [3.05, 3.63) is 0 Å². The van der Waals surface area contributed by atoms with Crippen molar-refractivity contribution in [2.24, 2.45) is 16.8 Å². The minimum absolute atomic E-state index is 0.0726. The Labute approximate surface area is 159 Å². The fraction of sp³-hybridized carbons (Fsp3) is 0.900. The van der Waals surface area contributed by atoms with Gasteiger partial charge in [-0.25, -0.2) is 0 Å². The van der Waals surface area contributed by atoms with Crippen LogP contribution in [-0.4, -0.2) is 73.0 Å². The van der Waals surface area contributed by atoms with Gasteiger partial charge < -0.3 is 15.5 Å². The van der Waals surface area contributed by atoms with Gasteiger partial charge in [0.1, 0.15) is 0 Å². The number of carbonyl (C=O) groups is 1. The molecule has 2 heterocycles. The fourth-order valence-electron chi connectivity index (χ4n) is 3.92. The first-order valence-electron chi connectivity index (χ1n) is 10.5. The fourth-order valence-corrected chi connectivity index (χ4v) is 3.92. The summed E-state index contributed by atoms with van der Waals surface area (Å²) in [5.74, 6) is 2.00. The summed E-state index contributed by atoms with van der Waals surface area (Å²) >= 11 is 0. The van der Waals surface area contributed by atoms with Crippen molar-refractivity contribution in [3.8, 4) is 0 Å². The standard InChI is InChI=1S/C20H39N5O/c1-6-21-20(22-12-17(5)24-10-7-8-16(4)13-24)23-18-9-11-25(14-18)19(26)15(2)3/h15-18H,6-14H2,1-5H3,(H2,21,22,23). The van der Waals surface area contributed by atoms with Gasteiger partial charge >= 0.3 is 0 Å². The van der Waals surface area contributed by atoms with Gasteiger partial charge in [-0.1, -0.05) is 20.8 Å². The lowest BCUT2D eigenvalue weighted by molar-refractivity contribution is -0.133. The zero-order valence-electron chi connectivity index (χ0n) is 17.4. The van der Waals surface area contributed by atoms with Crippen LogP contribution in [0.2, 0.25) is 0 Å². The Morgan fingerprint density at radius 3 is 2.62 bits per heavy atom. The van der Waals surface area contributed by atoms with Gasteiger partial charge in [-0.3, -0.25) is 14.7 Å². The Bertz CT molecular complexity index is 479. The molecular weight excluding hydrogens is 326 g/mol. The highest BCUT2D eigenvalue weighted by molar-refractivity contribution is 5.81. The third-order valence-electron chi connectivity index (χ3n) is 5.50. The molecule has 6 nitrogen and oxygen atoms in total. The van der Waals surface area contributed by atoms with Crippen LogP contribution in [0.3, 0.4) is 0 Å². The van der Waals surface area contributed by atoms with E-state index in [2.05, 4.69) is 36.3 Å². The molecule has 2 N–H and O–H groups in total. The van der Waals surface area contributed by atoms with E-state index in [0.717, 1.165) is 44.5 Å². The molecule has 2 saturated heterocycles. The number of rotatable bonds is 6. The molecule has 0 radical (unpaired) electrons. The second-order valence-corrected chi connectivity index (χ2v) is 8.38. The lowest BCUT2D eigenvalue weighted by Crippen LogP contribution is -2.46. The van der Waals surface area contributed by atoms with E-state index in [1.165, 1.54) is 25.9 Å². The van der Waals surface area contributed by atoms with Crippen LogP contribution in [0.25, 0.3) is 0 Å². The molecule has 0 bridgehead atoms. The summed E-state index contributed by atoms with van der Waals surface area (Å²) in [4.78, 5) is 21.5. The second kappa shape index (κ2) is 10.1. The zero-order chi connectivity index (χ0) is 19.1. The summed E-state index contributed by atoms with van der Waals surface area (Å²) in [6.45, 7) is 16.3. The van der Waals surface area contributed by atoms with Gasteiger partial charge in [-0.05, 0) is 45.6 Å². The SMILES string of the molecule is CCNC(=NCC(C)N1CCCC(C)C1)NC1CCN(C(=O)C(C)C)C1. The van der Waals surface area contributed by atoms with Gasteiger partial charge in [-0.15, -0.1) is 0 Å². The summed E-state index contributed by atoms with van der Waals surface area (Å²) in [5.41, 5.74) is 0. The van der Waals surface area contributed by atoms with Gasteiger partial charge in [-0.2, -0.15) is 0 Å². The third-order valence-corrected chi connectivity index (χ3v) is 5.50. The van der Waals surface area contributed by atoms with E-state index < -0.39 is 0 Å². The molecule has 0 aliphatic carbocycles. The van der Waals surface area contributed by atoms with Crippen molar-refractivity contribution in [1.29, 1.82) is 0 Å². The second-order valence-electron chi connectivity index (χ2n) is 8.38. The van der Waals surface area contributed by atoms with Crippen LogP contribution in [0, 0.1) is 11.8 Å². The van der Waals surface area contributed by atoms with Gasteiger partial charge in [0.25, 0.3) is 0 Å². The van der Waals surface area contributed by atoms with E-state index in [-0.39, 0.29) is 11.8 Å². The number of nitrogens with one attached hydrogen (secondary N) is 2. The van der Waals surface area contributed by atoms with Gasteiger partial charge in [0.2, 0.25) is 5.91 Å². The van der Waals surface area contributed by atoms with Gasteiger partial charge in [0.15, 0.2) is 5.96 Å². The Morgan fingerprint density at radius 2 is 1.96 bits per heavy atom. The average Bonchev–Trinajstić information content (AvgIpc) is 3.07. The minimum Gasteiger partial charge on any atom is -0.357 e. The van der Waals surface area contributed by atoms with Crippen molar-refractivity contribution < 1.29 is 4.79 Å². The molecule has 2 rings (SSSR count).